The molecule has 0 bridgehead atoms. The molecular formula is C17H29N5O5SSi. The number of aromatic nitrogens is 4. The number of nitrogens with two attached hydrogens (primary N) is 1. The third-order valence-electron chi connectivity index (χ3n) is 5.59. The molecule has 0 spiro atoms. The molecule has 2 aromatic heterocycles. The van der Waals surface area contributed by atoms with E-state index in [1.165, 1.54) is 6.33 Å². The first-order chi connectivity index (χ1) is 13.3. The molecule has 162 valence electrons. The van der Waals surface area contributed by atoms with Crippen LogP contribution in [0.25, 0.3) is 11.2 Å². The molecule has 0 aliphatic carbocycles. The molecule has 0 amide bonds. The second-order valence-electron chi connectivity index (χ2n) is 8.86. The monoisotopic (exact) mass is 443 g/mol. The summed E-state index contributed by atoms with van der Waals surface area (Å²) in [5.74, 6) is 0.272. The summed E-state index contributed by atoms with van der Waals surface area (Å²) in [4.78, 5) is 12.4. The minimum Gasteiger partial charge on any atom is -0.414 e. The van der Waals surface area contributed by atoms with Crippen molar-refractivity contribution in [2.24, 2.45) is 0 Å². The molecule has 0 saturated carbocycles. The second-order valence-corrected chi connectivity index (χ2v) is 15.3. The van der Waals surface area contributed by atoms with Crippen LogP contribution in [0.15, 0.2) is 12.7 Å². The van der Waals surface area contributed by atoms with E-state index in [0.29, 0.717) is 17.6 Å². The highest BCUT2D eigenvalue weighted by Crippen LogP contribution is 2.39. The number of hydrogen-bond donors (Lipinski definition) is 1. The van der Waals surface area contributed by atoms with Gasteiger partial charge in [0.15, 0.2) is 19.8 Å². The lowest BCUT2D eigenvalue weighted by Gasteiger charge is -2.37. The van der Waals surface area contributed by atoms with Crippen molar-refractivity contribution < 1.29 is 21.8 Å². The normalized spacial score (nSPS) is 23.7. The number of hydrogen-bond acceptors (Lipinski definition) is 9. The number of anilines is 1. The molecule has 3 atom stereocenters. The Balaban J connectivity index is 1.84. The molecule has 12 heteroatoms. The fraction of sp³-hybridized carbons (Fsp3) is 0.706. The molecule has 2 N–H and O–H groups in total. The molecule has 1 aliphatic heterocycles. The average molecular weight is 444 g/mol. The molecule has 3 rings (SSSR count). The fourth-order valence-corrected chi connectivity index (χ4v) is 4.60. The third kappa shape index (κ3) is 4.77. The molecule has 1 saturated heterocycles. The van der Waals surface area contributed by atoms with Gasteiger partial charge in [-0.3, -0.25) is 8.75 Å². The van der Waals surface area contributed by atoms with Crippen LogP contribution in [0.2, 0.25) is 18.1 Å². The summed E-state index contributed by atoms with van der Waals surface area (Å²) in [5.41, 5.74) is 6.85. The topological polar surface area (TPSA) is 131 Å². The van der Waals surface area contributed by atoms with Gasteiger partial charge >= 0.3 is 0 Å². The van der Waals surface area contributed by atoms with E-state index in [-0.39, 0.29) is 17.5 Å². The van der Waals surface area contributed by atoms with Gasteiger partial charge in [-0.1, -0.05) is 20.8 Å². The fourth-order valence-electron chi connectivity index (χ4n) is 2.93. The van der Waals surface area contributed by atoms with E-state index in [0.717, 1.165) is 6.26 Å². The highest BCUT2D eigenvalue weighted by atomic mass is 32.2. The number of fused-ring (bicyclic) bond motifs is 1. The number of ether oxygens (including phenoxy) is 1. The van der Waals surface area contributed by atoms with Crippen molar-refractivity contribution in [2.45, 2.75) is 63.8 Å². The van der Waals surface area contributed by atoms with Crippen LogP contribution >= 0.6 is 0 Å². The number of imidazole rings is 1. The van der Waals surface area contributed by atoms with E-state index in [1.54, 1.807) is 10.9 Å². The lowest BCUT2D eigenvalue weighted by atomic mass is 10.2. The quantitative estimate of drug-likeness (QED) is 0.526. The third-order valence-corrected chi connectivity index (χ3v) is 10.7. The van der Waals surface area contributed by atoms with E-state index in [4.69, 9.17) is 19.1 Å². The Kier molecular flexibility index (Phi) is 5.77. The standard InChI is InChI=1S/C17H29N5O5SSi/c1-17(2,3)29(5,6)25-8-12-11(27-28(4,23)24)7-13(26-12)22-10-21-14-15(18)19-9-20-16(14)22/h9-13H,7-8H2,1-6H3,(H2,18,19,20). The van der Waals surface area contributed by atoms with Crippen LogP contribution in [0.3, 0.4) is 0 Å². The molecule has 0 radical (unpaired) electrons. The van der Waals surface area contributed by atoms with Gasteiger partial charge in [0.2, 0.25) is 0 Å². The largest absolute Gasteiger partial charge is 0.414 e. The highest BCUT2D eigenvalue weighted by Gasteiger charge is 2.43. The zero-order chi connectivity index (χ0) is 21.6. The van der Waals surface area contributed by atoms with E-state index >= 15 is 0 Å². The van der Waals surface area contributed by atoms with Crippen LogP contribution in [0, 0.1) is 0 Å². The smallest absolute Gasteiger partial charge is 0.264 e. The number of rotatable bonds is 6. The Bertz CT molecular complexity index is 988. The summed E-state index contributed by atoms with van der Waals surface area (Å²) in [6.45, 7) is 10.9. The Labute approximate surface area is 172 Å². The average Bonchev–Trinajstić information content (AvgIpc) is 3.15. The van der Waals surface area contributed by atoms with Gasteiger partial charge in [0, 0.05) is 6.42 Å². The summed E-state index contributed by atoms with van der Waals surface area (Å²) in [5, 5.41) is 0.0210. The molecule has 2 aromatic rings. The van der Waals surface area contributed by atoms with Gasteiger partial charge in [0.25, 0.3) is 10.1 Å². The Morgan fingerprint density at radius 2 is 2.00 bits per heavy atom. The van der Waals surface area contributed by atoms with Crippen molar-refractivity contribution in [2.75, 3.05) is 18.6 Å². The summed E-state index contributed by atoms with van der Waals surface area (Å²) in [6.07, 6.45) is 2.55. The maximum absolute atomic E-state index is 11.8. The second kappa shape index (κ2) is 7.58. The van der Waals surface area contributed by atoms with Gasteiger partial charge < -0.3 is 14.9 Å². The lowest BCUT2D eigenvalue weighted by Crippen LogP contribution is -2.44. The maximum atomic E-state index is 11.8. The molecule has 3 heterocycles. The van der Waals surface area contributed by atoms with Gasteiger partial charge in [0.05, 0.1) is 19.2 Å². The van der Waals surface area contributed by atoms with Crippen LogP contribution in [-0.2, 0) is 23.5 Å². The zero-order valence-electron chi connectivity index (χ0n) is 17.6. The van der Waals surface area contributed by atoms with Crippen LogP contribution in [0.5, 0.6) is 0 Å². The van der Waals surface area contributed by atoms with Crippen molar-refractivity contribution in [1.29, 1.82) is 0 Å². The van der Waals surface area contributed by atoms with E-state index < -0.39 is 36.9 Å². The summed E-state index contributed by atoms with van der Waals surface area (Å²) < 4.78 is 43.0. The number of nitrogens with zero attached hydrogens (tertiary/aromatic N) is 4. The molecule has 10 nitrogen and oxygen atoms in total. The summed E-state index contributed by atoms with van der Waals surface area (Å²) in [6, 6.07) is 0. The van der Waals surface area contributed by atoms with Crippen molar-refractivity contribution in [3.8, 4) is 0 Å². The molecule has 3 unspecified atom stereocenters. The van der Waals surface area contributed by atoms with Gasteiger partial charge in [-0.15, -0.1) is 0 Å². The van der Waals surface area contributed by atoms with Gasteiger partial charge in [-0.05, 0) is 18.1 Å². The minimum absolute atomic E-state index is 0.0210. The lowest BCUT2D eigenvalue weighted by molar-refractivity contribution is -0.0356. The molecule has 1 fully saturated rings. The Morgan fingerprint density at radius 3 is 2.62 bits per heavy atom. The maximum Gasteiger partial charge on any atom is 0.264 e. The van der Waals surface area contributed by atoms with Crippen molar-refractivity contribution >= 4 is 35.4 Å². The first-order valence-corrected chi connectivity index (χ1v) is 14.1. The minimum atomic E-state index is -3.66. The molecule has 29 heavy (non-hydrogen) atoms. The van der Waals surface area contributed by atoms with Crippen LogP contribution < -0.4 is 5.73 Å². The van der Waals surface area contributed by atoms with Crippen molar-refractivity contribution in [1.82, 2.24) is 19.5 Å². The predicted molar refractivity (Wildman–Crippen MR) is 111 cm³/mol. The predicted octanol–water partition coefficient (Wildman–Crippen LogP) is 2.06. The molecule has 1 aliphatic rings. The number of nitrogen functional groups attached to an aromatic ring is 1. The zero-order valence-corrected chi connectivity index (χ0v) is 19.4. The van der Waals surface area contributed by atoms with Crippen molar-refractivity contribution in [3.05, 3.63) is 12.7 Å². The van der Waals surface area contributed by atoms with Gasteiger partial charge in [0.1, 0.15) is 30.3 Å². The van der Waals surface area contributed by atoms with E-state index in [9.17, 15) is 8.42 Å². The molecular weight excluding hydrogens is 414 g/mol. The Morgan fingerprint density at radius 1 is 1.31 bits per heavy atom. The van der Waals surface area contributed by atoms with Crippen LogP contribution in [-0.4, -0.2) is 61.3 Å². The van der Waals surface area contributed by atoms with Gasteiger partial charge in [-0.25, -0.2) is 15.0 Å². The summed E-state index contributed by atoms with van der Waals surface area (Å²) in [7, 11) is -5.70. The van der Waals surface area contributed by atoms with E-state index in [2.05, 4.69) is 48.8 Å². The van der Waals surface area contributed by atoms with Crippen LogP contribution in [0.4, 0.5) is 5.82 Å². The van der Waals surface area contributed by atoms with Crippen molar-refractivity contribution in [3.63, 3.8) is 0 Å². The van der Waals surface area contributed by atoms with Gasteiger partial charge in [-0.2, -0.15) is 8.42 Å². The Hall–Kier alpha value is -1.60. The first-order valence-electron chi connectivity index (χ1n) is 9.39. The highest BCUT2D eigenvalue weighted by molar-refractivity contribution is 7.86. The van der Waals surface area contributed by atoms with E-state index in [1.807, 2.05) is 0 Å². The van der Waals surface area contributed by atoms with Crippen LogP contribution in [0.1, 0.15) is 33.4 Å². The molecule has 0 aromatic carbocycles. The SMILES string of the molecule is CC(C)(C)[Si](C)(C)OCC1OC(n2cnc3c(N)ncnc32)CC1OS(C)(=O)=O. The summed E-state index contributed by atoms with van der Waals surface area (Å²) >= 11 is 0. The first kappa shape index (κ1) is 22.1.